The zero-order valence-corrected chi connectivity index (χ0v) is 15.6. The van der Waals surface area contributed by atoms with Crippen LogP contribution in [0.15, 0.2) is 46.8 Å². The Balaban J connectivity index is 1.87. The summed E-state index contributed by atoms with van der Waals surface area (Å²) in [6, 6.07) is 9.17. The molecule has 9 heteroatoms. The van der Waals surface area contributed by atoms with Gasteiger partial charge in [-0.2, -0.15) is 0 Å². The van der Waals surface area contributed by atoms with E-state index in [1.807, 2.05) is 18.4 Å². The van der Waals surface area contributed by atoms with Crippen LogP contribution in [0.1, 0.15) is 23.5 Å². The number of benzene rings is 1. The number of aliphatic hydroxyl groups excluding tert-OH is 1. The quantitative estimate of drug-likeness (QED) is 0.468. The van der Waals surface area contributed by atoms with Gasteiger partial charge in [0.1, 0.15) is 5.75 Å². The Morgan fingerprint density at radius 1 is 1.22 bits per heavy atom. The van der Waals surface area contributed by atoms with Gasteiger partial charge in [0.15, 0.2) is 5.96 Å². The van der Waals surface area contributed by atoms with E-state index in [9.17, 15) is 18.3 Å². The van der Waals surface area contributed by atoms with Crippen LogP contribution in [-0.2, 0) is 6.42 Å². The van der Waals surface area contributed by atoms with Crippen molar-refractivity contribution >= 4 is 17.3 Å². The third-order valence-electron chi connectivity index (χ3n) is 3.51. The molecule has 27 heavy (non-hydrogen) atoms. The molecule has 0 saturated carbocycles. The molecule has 0 fully saturated rings. The average Bonchev–Trinajstić information content (AvgIpc) is 3.12. The van der Waals surface area contributed by atoms with Gasteiger partial charge in [-0.05, 0) is 42.5 Å². The lowest BCUT2D eigenvalue weighted by Gasteiger charge is -2.14. The highest BCUT2D eigenvalue weighted by Crippen LogP contribution is 2.24. The van der Waals surface area contributed by atoms with Crippen LogP contribution in [0.25, 0.3) is 0 Å². The number of alkyl halides is 3. The number of aliphatic hydroxyl groups is 1. The van der Waals surface area contributed by atoms with E-state index in [0.29, 0.717) is 24.6 Å². The molecule has 2 rings (SSSR count). The van der Waals surface area contributed by atoms with Crippen molar-refractivity contribution in [3.8, 4) is 5.75 Å². The van der Waals surface area contributed by atoms with Crippen LogP contribution in [0.4, 0.5) is 13.2 Å². The Morgan fingerprint density at radius 2 is 1.96 bits per heavy atom. The number of nitrogens with one attached hydrogen (secondary N) is 2. The smallest absolute Gasteiger partial charge is 0.406 e. The van der Waals surface area contributed by atoms with E-state index < -0.39 is 12.5 Å². The number of ether oxygens (including phenoxy) is 1. The van der Waals surface area contributed by atoms with Gasteiger partial charge in [0.05, 0.1) is 12.6 Å². The minimum absolute atomic E-state index is 0.0772. The fourth-order valence-corrected chi connectivity index (χ4v) is 2.98. The summed E-state index contributed by atoms with van der Waals surface area (Å²) in [7, 11) is 0. The molecular formula is C18H22F3N3O2S. The fourth-order valence-electron chi connectivity index (χ4n) is 2.28. The van der Waals surface area contributed by atoms with Crippen LogP contribution in [0, 0.1) is 0 Å². The van der Waals surface area contributed by atoms with Gasteiger partial charge in [0.25, 0.3) is 0 Å². The molecule has 0 bridgehead atoms. The van der Waals surface area contributed by atoms with Crippen LogP contribution in [0.2, 0.25) is 0 Å². The third kappa shape index (κ3) is 7.88. The lowest BCUT2D eigenvalue weighted by atomic mass is 10.1. The lowest BCUT2D eigenvalue weighted by molar-refractivity contribution is -0.274. The first kappa shape index (κ1) is 21.0. The van der Waals surface area contributed by atoms with E-state index in [-0.39, 0.29) is 12.3 Å². The van der Waals surface area contributed by atoms with Crippen molar-refractivity contribution in [1.29, 1.82) is 0 Å². The zero-order valence-electron chi connectivity index (χ0n) is 14.8. The Kier molecular flexibility index (Phi) is 7.93. The molecule has 0 saturated heterocycles. The number of thiophene rings is 1. The second kappa shape index (κ2) is 10.2. The van der Waals surface area contributed by atoms with Crippen LogP contribution in [-0.4, -0.2) is 37.1 Å². The van der Waals surface area contributed by atoms with Gasteiger partial charge in [0, 0.05) is 18.0 Å². The van der Waals surface area contributed by atoms with Crippen LogP contribution in [0.3, 0.4) is 0 Å². The molecule has 1 aromatic heterocycles. The second-order valence-electron chi connectivity index (χ2n) is 5.61. The van der Waals surface area contributed by atoms with E-state index in [1.165, 1.54) is 29.1 Å². The topological polar surface area (TPSA) is 65.9 Å². The Hall–Kier alpha value is -2.26. The number of nitrogens with zero attached hydrogens (tertiary/aromatic N) is 1. The number of rotatable bonds is 8. The summed E-state index contributed by atoms with van der Waals surface area (Å²) in [5.74, 6) is 0.246. The molecule has 1 unspecified atom stereocenters. The second-order valence-corrected chi connectivity index (χ2v) is 6.64. The average molecular weight is 401 g/mol. The molecule has 3 N–H and O–H groups in total. The molecule has 0 radical (unpaired) electrons. The molecule has 1 aromatic carbocycles. The van der Waals surface area contributed by atoms with E-state index in [0.717, 1.165) is 6.42 Å². The summed E-state index contributed by atoms with van der Waals surface area (Å²) in [5.41, 5.74) is 0.461. The normalized spacial score (nSPS) is 13.3. The summed E-state index contributed by atoms with van der Waals surface area (Å²) in [6.07, 6.45) is -4.80. The van der Waals surface area contributed by atoms with Gasteiger partial charge >= 0.3 is 6.36 Å². The van der Waals surface area contributed by atoms with Gasteiger partial charge in [-0.3, -0.25) is 4.99 Å². The van der Waals surface area contributed by atoms with Crippen molar-refractivity contribution in [3.05, 3.63) is 52.2 Å². The summed E-state index contributed by atoms with van der Waals surface area (Å²) >= 11 is 1.69. The molecule has 2 aromatic rings. The Bertz CT molecular complexity index is 704. The highest BCUT2D eigenvalue weighted by molar-refractivity contribution is 7.09. The maximum atomic E-state index is 12.2. The largest absolute Gasteiger partial charge is 0.573 e. The zero-order chi connectivity index (χ0) is 19.7. The number of aliphatic imine (C=N–C) groups is 1. The van der Waals surface area contributed by atoms with E-state index in [4.69, 9.17) is 0 Å². The van der Waals surface area contributed by atoms with Gasteiger partial charge in [-0.25, -0.2) is 0 Å². The molecule has 0 amide bonds. The predicted octanol–water partition coefficient (Wildman–Crippen LogP) is 3.48. The molecule has 148 valence electrons. The monoisotopic (exact) mass is 401 g/mol. The molecule has 0 aliphatic carbocycles. The molecule has 1 heterocycles. The van der Waals surface area contributed by atoms with Crippen molar-refractivity contribution in [3.63, 3.8) is 0 Å². The first-order chi connectivity index (χ1) is 12.9. The number of guanidine groups is 1. The summed E-state index contributed by atoms with van der Waals surface area (Å²) in [6.45, 7) is 3.39. The molecule has 0 aliphatic rings. The SMILES string of the molecule is CCNC(=NCC(O)c1ccc(OC(F)(F)F)cc1)NCCc1cccs1. The van der Waals surface area contributed by atoms with Crippen molar-refractivity contribution in [2.75, 3.05) is 19.6 Å². The Morgan fingerprint density at radius 3 is 2.56 bits per heavy atom. The highest BCUT2D eigenvalue weighted by Gasteiger charge is 2.31. The van der Waals surface area contributed by atoms with Crippen LogP contribution < -0.4 is 15.4 Å². The van der Waals surface area contributed by atoms with Gasteiger partial charge in [0.2, 0.25) is 0 Å². The molecule has 0 spiro atoms. The van der Waals surface area contributed by atoms with Crippen LogP contribution >= 0.6 is 11.3 Å². The maximum absolute atomic E-state index is 12.2. The molecular weight excluding hydrogens is 379 g/mol. The van der Waals surface area contributed by atoms with E-state index >= 15 is 0 Å². The van der Waals surface area contributed by atoms with Crippen molar-refractivity contribution < 1.29 is 23.0 Å². The summed E-state index contributed by atoms with van der Waals surface area (Å²) in [5, 5.41) is 18.5. The Labute approximate surface area is 159 Å². The number of halogens is 3. The first-order valence-electron chi connectivity index (χ1n) is 8.45. The maximum Gasteiger partial charge on any atom is 0.573 e. The molecule has 0 aliphatic heterocycles. The molecule has 5 nitrogen and oxygen atoms in total. The summed E-state index contributed by atoms with van der Waals surface area (Å²) in [4.78, 5) is 5.59. The lowest BCUT2D eigenvalue weighted by Crippen LogP contribution is -2.38. The highest BCUT2D eigenvalue weighted by atomic mass is 32.1. The van der Waals surface area contributed by atoms with Gasteiger partial charge in [-0.1, -0.05) is 18.2 Å². The minimum Gasteiger partial charge on any atom is -0.406 e. The summed E-state index contributed by atoms with van der Waals surface area (Å²) < 4.78 is 40.3. The van der Waals surface area contributed by atoms with E-state index in [1.54, 1.807) is 11.3 Å². The first-order valence-corrected chi connectivity index (χ1v) is 9.33. The standard InChI is InChI=1S/C18H22F3N3O2S/c1-2-22-17(23-10-9-15-4-3-11-27-15)24-12-16(25)13-5-7-14(8-6-13)26-18(19,20)21/h3-8,11,16,25H,2,9-10,12H2,1H3,(H2,22,23,24). The third-order valence-corrected chi connectivity index (χ3v) is 4.45. The molecule has 1 atom stereocenters. The van der Waals surface area contributed by atoms with Crippen molar-refractivity contribution in [2.24, 2.45) is 4.99 Å². The predicted molar refractivity (Wildman–Crippen MR) is 100 cm³/mol. The fraction of sp³-hybridized carbons (Fsp3) is 0.389. The number of hydrogen-bond acceptors (Lipinski definition) is 4. The van der Waals surface area contributed by atoms with Crippen LogP contribution in [0.5, 0.6) is 5.75 Å². The van der Waals surface area contributed by atoms with Crippen molar-refractivity contribution in [2.45, 2.75) is 25.8 Å². The van der Waals surface area contributed by atoms with Gasteiger partial charge in [-0.15, -0.1) is 24.5 Å². The minimum atomic E-state index is -4.74. The van der Waals surface area contributed by atoms with E-state index in [2.05, 4.69) is 26.4 Å². The van der Waals surface area contributed by atoms with Crippen molar-refractivity contribution in [1.82, 2.24) is 10.6 Å². The number of hydrogen-bond donors (Lipinski definition) is 3. The van der Waals surface area contributed by atoms with Gasteiger partial charge < -0.3 is 20.5 Å².